The molecule has 0 bridgehead atoms. The van der Waals surface area contributed by atoms with E-state index in [0.29, 0.717) is 28.6 Å². The summed E-state index contributed by atoms with van der Waals surface area (Å²) in [7, 11) is -2.66. The number of methoxy groups -OCH3 is 1. The van der Waals surface area contributed by atoms with Crippen molar-refractivity contribution in [3.63, 3.8) is 0 Å². The number of amides is 2. The minimum atomic E-state index is -4.22. The number of unbranched alkanes of at least 4 members (excludes halogenated alkanes) is 1. The standard InChI is InChI=1S/C36H40ClN3O5S/c1-4-5-22-38-36(42)34(24-28-13-7-6-8-14-28)39(25-29-15-11-16-31(23-29)45-3)35(41)26-40(33-17-10-9-12-27(33)2)46(43,44)32-20-18-30(37)19-21-32/h6-21,23,34H,4-5,22,24-26H2,1-3H3,(H,38,42)/t34-/m1/s1. The van der Waals surface area contributed by atoms with Gasteiger partial charge in [0, 0.05) is 24.5 Å². The Morgan fingerprint density at radius 3 is 2.24 bits per heavy atom. The number of halogens is 1. The second-order valence-electron chi connectivity index (χ2n) is 11.0. The molecule has 242 valence electrons. The lowest BCUT2D eigenvalue weighted by Crippen LogP contribution is -2.53. The predicted octanol–water partition coefficient (Wildman–Crippen LogP) is 6.41. The van der Waals surface area contributed by atoms with E-state index < -0.39 is 28.5 Å². The molecule has 4 aromatic rings. The monoisotopic (exact) mass is 661 g/mol. The van der Waals surface area contributed by atoms with Gasteiger partial charge in [0.2, 0.25) is 11.8 Å². The number of ether oxygens (including phenoxy) is 1. The van der Waals surface area contributed by atoms with E-state index in [1.54, 1.807) is 50.4 Å². The van der Waals surface area contributed by atoms with Crippen LogP contribution in [-0.4, -0.2) is 51.4 Å². The smallest absolute Gasteiger partial charge is 0.264 e. The van der Waals surface area contributed by atoms with Crippen molar-refractivity contribution >= 4 is 39.1 Å². The van der Waals surface area contributed by atoms with Crippen LogP contribution in [-0.2, 0) is 32.6 Å². The molecule has 0 aliphatic carbocycles. The number of hydrogen-bond acceptors (Lipinski definition) is 5. The summed E-state index contributed by atoms with van der Waals surface area (Å²) in [5.41, 5.74) is 2.63. The van der Waals surface area contributed by atoms with Crippen molar-refractivity contribution < 1.29 is 22.7 Å². The number of benzene rings is 4. The Balaban J connectivity index is 1.81. The van der Waals surface area contributed by atoms with Gasteiger partial charge in [0.05, 0.1) is 17.7 Å². The van der Waals surface area contributed by atoms with Crippen LogP contribution < -0.4 is 14.4 Å². The molecule has 1 atom stereocenters. The SMILES string of the molecule is CCCCNC(=O)[C@@H](Cc1ccccc1)N(Cc1cccc(OC)c1)C(=O)CN(c1ccccc1C)S(=O)(=O)c1ccc(Cl)cc1. The fourth-order valence-electron chi connectivity index (χ4n) is 5.12. The van der Waals surface area contributed by atoms with Crippen LogP contribution in [0.3, 0.4) is 0 Å². The van der Waals surface area contributed by atoms with Crippen LogP contribution in [0.5, 0.6) is 5.75 Å². The molecule has 0 aliphatic rings. The number of carbonyl (C=O) groups excluding carboxylic acids is 2. The van der Waals surface area contributed by atoms with Crippen LogP contribution in [0.25, 0.3) is 0 Å². The number of anilines is 1. The van der Waals surface area contributed by atoms with Gasteiger partial charge in [0.1, 0.15) is 18.3 Å². The molecule has 0 unspecified atom stereocenters. The second kappa shape index (κ2) is 16.3. The lowest BCUT2D eigenvalue weighted by molar-refractivity contribution is -0.140. The van der Waals surface area contributed by atoms with E-state index in [1.807, 2.05) is 49.4 Å². The van der Waals surface area contributed by atoms with Crippen molar-refractivity contribution in [1.29, 1.82) is 0 Å². The summed E-state index contributed by atoms with van der Waals surface area (Å²) >= 11 is 6.07. The highest BCUT2D eigenvalue weighted by atomic mass is 35.5. The number of para-hydroxylation sites is 1. The Bertz CT molecular complexity index is 1720. The number of aryl methyl sites for hydroxylation is 1. The molecule has 0 radical (unpaired) electrons. The quantitative estimate of drug-likeness (QED) is 0.149. The average molecular weight is 662 g/mol. The first kappa shape index (κ1) is 34.5. The summed E-state index contributed by atoms with van der Waals surface area (Å²) in [4.78, 5) is 29.9. The Labute approximate surface area is 277 Å². The van der Waals surface area contributed by atoms with Crippen molar-refractivity contribution in [2.75, 3.05) is 24.5 Å². The topological polar surface area (TPSA) is 96.0 Å². The van der Waals surface area contributed by atoms with Gasteiger partial charge in [-0.05, 0) is 72.5 Å². The number of hydrogen-bond donors (Lipinski definition) is 1. The summed E-state index contributed by atoms with van der Waals surface area (Å²) in [6.07, 6.45) is 1.92. The van der Waals surface area contributed by atoms with Crippen molar-refractivity contribution in [3.05, 3.63) is 125 Å². The van der Waals surface area contributed by atoms with E-state index in [1.165, 1.54) is 29.2 Å². The number of carbonyl (C=O) groups is 2. The summed E-state index contributed by atoms with van der Waals surface area (Å²) in [5, 5.41) is 3.39. The van der Waals surface area contributed by atoms with E-state index in [9.17, 15) is 18.0 Å². The lowest BCUT2D eigenvalue weighted by atomic mass is 10.0. The summed E-state index contributed by atoms with van der Waals surface area (Å²) in [6, 6.07) is 28.6. The van der Waals surface area contributed by atoms with E-state index >= 15 is 0 Å². The third kappa shape index (κ3) is 8.89. The molecule has 0 saturated carbocycles. The van der Waals surface area contributed by atoms with E-state index in [4.69, 9.17) is 16.3 Å². The van der Waals surface area contributed by atoms with E-state index in [0.717, 1.165) is 28.3 Å². The molecule has 2 amide bonds. The van der Waals surface area contributed by atoms with Crippen LogP contribution >= 0.6 is 11.6 Å². The number of sulfonamides is 1. The lowest BCUT2D eigenvalue weighted by Gasteiger charge is -2.34. The van der Waals surface area contributed by atoms with Gasteiger partial charge in [0.25, 0.3) is 10.0 Å². The molecule has 4 rings (SSSR count). The van der Waals surface area contributed by atoms with Crippen LogP contribution in [0.15, 0.2) is 108 Å². The highest BCUT2D eigenvalue weighted by Gasteiger charge is 2.35. The Hall–Kier alpha value is -4.34. The molecule has 0 fully saturated rings. The summed E-state index contributed by atoms with van der Waals surface area (Å²) in [6.45, 7) is 3.80. The molecule has 46 heavy (non-hydrogen) atoms. The van der Waals surface area contributed by atoms with Crippen molar-refractivity contribution in [1.82, 2.24) is 10.2 Å². The molecule has 10 heteroatoms. The van der Waals surface area contributed by atoms with Gasteiger partial charge >= 0.3 is 0 Å². The number of nitrogens with zero attached hydrogens (tertiary/aromatic N) is 2. The van der Waals surface area contributed by atoms with Gasteiger partial charge in [-0.2, -0.15) is 0 Å². The van der Waals surface area contributed by atoms with E-state index in [2.05, 4.69) is 5.32 Å². The summed E-state index contributed by atoms with van der Waals surface area (Å²) in [5.74, 6) is -0.240. The minimum Gasteiger partial charge on any atom is -0.497 e. The fourth-order valence-corrected chi connectivity index (χ4v) is 6.72. The molecule has 4 aromatic carbocycles. The maximum absolute atomic E-state index is 14.6. The third-order valence-electron chi connectivity index (χ3n) is 7.65. The second-order valence-corrected chi connectivity index (χ2v) is 13.3. The van der Waals surface area contributed by atoms with Gasteiger partial charge in [0.15, 0.2) is 0 Å². The van der Waals surface area contributed by atoms with Gasteiger partial charge in [-0.3, -0.25) is 13.9 Å². The van der Waals surface area contributed by atoms with Gasteiger partial charge in [-0.25, -0.2) is 8.42 Å². The van der Waals surface area contributed by atoms with Crippen molar-refractivity contribution in [2.24, 2.45) is 0 Å². The Kier molecular flexibility index (Phi) is 12.2. The first-order chi connectivity index (χ1) is 22.1. The van der Waals surface area contributed by atoms with Gasteiger partial charge in [-0.15, -0.1) is 0 Å². The Morgan fingerprint density at radius 1 is 0.891 bits per heavy atom. The van der Waals surface area contributed by atoms with Crippen LogP contribution in [0.2, 0.25) is 5.02 Å². The molecule has 8 nitrogen and oxygen atoms in total. The Morgan fingerprint density at radius 2 is 1.57 bits per heavy atom. The molecule has 0 heterocycles. The predicted molar refractivity (Wildman–Crippen MR) is 183 cm³/mol. The zero-order valence-corrected chi connectivity index (χ0v) is 27.9. The highest BCUT2D eigenvalue weighted by Crippen LogP contribution is 2.28. The van der Waals surface area contributed by atoms with Gasteiger partial charge in [-0.1, -0.05) is 85.6 Å². The molecule has 0 saturated heterocycles. The normalized spacial score (nSPS) is 11.8. The number of rotatable bonds is 15. The third-order valence-corrected chi connectivity index (χ3v) is 9.68. The minimum absolute atomic E-state index is 0.00885. The molecule has 0 spiro atoms. The van der Waals surface area contributed by atoms with Crippen LogP contribution in [0.4, 0.5) is 5.69 Å². The highest BCUT2D eigenvalue weighted by molar-refractivity contribution is 7.92. The van der Waals surface area contributed by atoms with Crippen molar-refractivity contribution in [2.45, 2.75) is 50.6 Å². The van der Waals surface area contributed by atoms with Crippen molar-refractivity contribution in [3.8, 4) is 5.75 Å². The van der Waals surface area contributed by atoms with Crippen LogP contribution in [0.1, 0.15) is 36.5 Å². The fraction of sp³-hybridized carbons (Fsp3) is 0.278. The van der Waals surface area contributed by atoms with Crippen LogP contribution in [0, 0.1) is 6.92 Å². The molecular weight excluding hydrogens is 622 g/mol. The zero-order valence-electron chi connectivity index (χ0n) is 26.4. The molecule has 0 aliphatic heterocycles. The maximum atomic E-state index is 14.6. The maximum Gasteiger partial charge on any atom is 0.264 e. The molecular formula is C36H40ClN3O5S. The zero-order chi connectivity index (χ0) is 33.1. The largest absolute Gasteiger partial charge is 0.497 e. The summed E-state index contributed by atoms with van der Waals surface area (Å²) < 4.78 is 34.9. The van der Waals surface area contributed by atoms with Gasteiger partial charge < -0.3 is 15.0 Å². The molecule has 0 aromatic heterocycles. The number of nitrogens with one attached hydrogen (secondary N) is 1. The molecule has 1 N–H and O–H groups in total. The van der Waals surface area contributed by atoms with E-state index in [-0.39, 0.29) is 23.8 Å². The average Bonchev–Trinajstić information content (AvgIpc) is 3.06. The first-order valence-electron chi connectivity index (χ1n) is 15.2. The first-order valence-corrected chi connectivity index (χ1v) is 17.0.